The van der Waals surface area contributed by atoms with Crippen molar-refractivity contribution in [2.45, 2.75) is 62.0 Å². The minimum atomic E-state index is -3.52. The first-order valence-corrected chi connectivity index (χ1v) is 10.5. The van der Waals surface area contributed by atoms with Crippen LogP contribution >= 0.6 is 15.9 Å². The summed E-state index contributed by atoms with van der Waals surface area (Å²) >= 11 is 3.02. The molecule has 0 heterocycles. The van der Waals surface area contributed by atoms with Crippen molar-refractivity contribution in [2.75, 3.05) is 6.54 Å². The summed E-state index contributed by atoms with van der Waals surface area (Å²) in [6.07, 6.45) is 2.89. The van der Waals surface area contributed by atoms with Crippen molar-refractivity contribution in [1.82, 2.24) is 4.72 Å². The number of ether oxygens (including phenoxy) is 1. The molecule has 0 bridgehead atoms. The van der Waals surface area contributed by atoms with Gasteiger partial charge in [0.25, 0.3) is 0 Å². The lowest BCUT2D eigenvalue weighted by Crippen LogP contribution is -2.25. The highest BCUT2D eigenvalue weighted by Crippen LogP contribution is 2.54. The van der Waals surface area contributed by atoms with Gasteiger partial charge < -0.3 is 4.74 Å². The lowest BCUT2D eigenvalue weighted by atomic mass is 10.2. The number of aryl methyl sites for hydroxylation is 1. The Hall–Kier alpha value is -0.660. The lowest BCUT2D eigenvalue weighted by molar-refractivity contribution is 0.240. The van der Waals surface area contributed by atoms with E-state index in [0.29, 0.717) is 25.1 Å². The number of nitrogens with one attached hydrogen (secondary N) is 1. The molecule has 4 nitrogen and oxygen atoms in total. The minimum absolute atomic E-state index is 0.0401. The second-order valence-electron chi connectivity index (χ2n) is 6.65. The molecule has 1 saturated carbocycles. The van der Waals surface area contributed by atoms with Crippen molar-refractivity contribution >= 4 is 26.0 Å². The van der Waals surface area contributed by atoms with Gasteiger partial charge in [-0.15, -0.1) is 0 Å². The zero-order valence-electron chi connectivity index (χ0n) is 14.3. The van der Waals surface area contributed by atoms with Gasteiger partial charge in [0, 0.05) is 12.5 Å². The van der Waals surface area contributed by atoms with Gasteiger partial charge in [-0.1, -0.05) is 6.42 Å². The van der Waals surface area contributed by atoms with Crippen LogP contribution in [0.15, 0.2) is 23.1 Å². The predicted octanol–water partition coefficient (Wildman–Crippen LogP) is 4.31. The summed E-state index contributed by atoms with van der Waals surface area (Å²) in [6, 6.07) is 4.86. The number of hydrogen-bond acceptors (Lipinski definition) is 3. The van der Waals surface area contributed by atoms with E-state index in [1.165, 1.54) is 0 Å². The van der Waals surface area contributed by atoms with Gasteiger partial charge in [0.15, 0.2) is 4.58 Å². The Kier molecular flexibility index (Phi) is 6.31. The third kappa shape index (κ3) is 5.43. The van der Waals surface area contributed by atoms with E-state index < -0.39 is 14.6 Å². The normalized spacial score (nSPS) is 23.5. The molecule has 0 radical (unpaired) electrons. The maximum Gasteiger partial charge on any atom is 0.240 e. The molecule has 2 rings (SSSR count). The summed E-state index contributed by atoms with van der Waals surface area (Å²) < 4.78 is 45.0. The lowest BCUT2D eigenvalue weighted by Gasteiger charge is -2.14. The minimum Gasteiger partial charge on any atom is -0.491 e. The molecule has 2 atom stereocenters. The third-order valence-electron chi connectivity index (χ3n) is 4.05. The van der Waals surface area contributed by atoms with Crippen molar-refractivity contribution < 1.29 is 17.5 Å². The van der Waals surface area contributed by atoms with E-state index in [2.05, 4.69) is 20.7 Å². The van der Waals surface area contributed by atoms with Gasteiger partial charge in [-0.3, -0.25) is 0 Å². The molecule has 0 spiro atoms. The molecule has 0 aliphatic heterocycles. The van der Waals surface area contributed by atoms with Crippen LogP contribution in [0.25, 0.3) is 0 Å². The Morgan fingerprint density at radius 1 is 1.42 bits per heavy atom. The average molecular weight is 422 g/mol. The van der Waals surface area contributed by atoms with Gasteiger partial charge in [0.1, 0.15) is 5.75 Å². The number of sulfonamides is 1. The highest BCUT2D eigenvalue weighted by atomic mass is 79.9. The zero-order chi connectivity index (χ0) is 18.0. The molecular formula is C17H25BrFNO3S. The summed E-state index contributed by atoms with van der Waals surface area (Å²) in [5, 5.41) is 0. The Balaban J connectivity index is 1.82. The van der Waals surface area contributed by atoms with Gasteiger partial charge in [-0.05, 0) is 79.7 Å². The fraction of sp³-hybridized carbons (Fsp3) is 0.647. The molecule has 1 aliphatic carbocycles. The van der Waals surface area contributed by atoms with Gasteiger partial charge in [-0.2, -0.15) is 0 Å². The molecular weight excluding hydrogens is 397 g/mol. The molecule has 1 aromatic rings. The van der Waals surface area contributed by atoms with Crippen LogP contribution in [0, 0.1) is 12.8 Å². The van der Waals surface area contributed by atoms with Crippen molar-refractivity contribution in [3.63, 3.8) is 0 Å². The maximum atomic E-state index is 13.3. The molecule has 0 amide bonds. The number of rotatable bonds is 9. The Morgan fingerprint density at radius 2 is 2.08 bits per heavy atom. The van der Waals surface area contributed by atoms with Crippen LogP contribution in [0.1, 0.15) is 45.1 Å². The number of halogens is 2. The van der Waals surface area contributed by atoms with E-state index in [1.807, 2.05) is 20.8 Å². The zero-order valence-corrected chi connectivity index (χ0v) is 16.7. The number of hydrogen-bond donors (Lipinski definition) is 1. The Labute approximate surface area is 152 Å². The first-order valence-electron chi connectivity index (χ1n) is 8.26. The van der Waals surface area contributed by atoms with E-state index in [4.69, 9.17) is 4.74 Å². The van der Waals surface area contributed by atoms with E-state index in [0.717, 1.165) is 18.4 Å². The Morgan fingerprint density at radius 3 is 2.62 bits per heavy atom. The third-order valence-corrected chi connectivity index (χ3v) is 6.48. The topological polar surface area (TPSA) is 55.4 Å². The monoisotopic (exact) mass is 421 g/mol. The summed E-state index contributed by atoms with van der Waals surface area (Å²) in [5.41, 5.74) is 0.789. The molecule has 2 unspecified atom stereocenters. The number of benzene rings is 1. The van der Waals surface area contributed by atoms with Crippen LogP contribution < -0.4 is 9.46 Å². The van der Waals surface area contributed by atoms with Crippen LogP contribution in [0.4, 0.5) is 4.39 Å². The van der Waals surface area contributed by atoms with Crippen molar-refractivity contribution in [3.05, 3.63) is 23.8 Å². The second kappa shape index (κ2) is 7.70. The van der Waals surface area contributed by atoms with Gasteiger partial charge in [0.05, 0.1) is 11.0 Å². The second-order valence-corrected chi connectivity index (χ2v) is 9.73. The quantitative estimate of drug-likeness (QED) is 0.477. The molecule has 24 heavy (non-hydrogen) atoms. The average Bonchev–Trinajstić information content (AvgIpc) is 3.07. The molecule has 1 aliphatic rings. The molecule has 0 saturated heterocycles. The molecule has 136 valence electrons. The molecule has 0 aromatic heterocycles. The fourth-order valence-corrected chi connectivity index (χ4v) is 4.34. The number of alkyl halides is 2. The van der Waals surface area contributed by atoms with E-state index in [1.54, 1.807) is 18.2 Å². The molecule has 1 fully saturated rings. The van der Waals surface area contributed by atoms with Crippen LogP contribution in [0.2, 0.25) is 0 Å². The summed E-state index contributed by atoms with van der Waals surface area (Å²) in [6.45, 7) is 6.04. The summed E-state index contributed by atoms with van der Waals surface area (Å²) in [5.74, 6) is 0.767. The summed E-state index contributed by atoms with van der Waals surface area (Å²) in [7, 11) is -3.52. The maximum absolute atomic E-state index is 13.3. The first kappa shape index (κ1) is 19.7. The van der Waals surface area contributed by atoms with Crippen LogP contribution in [0.3, 0.4) is 0 Å². The molecule has 1 aromatic carbocycles. The number of unbranched alkanes of at least 4 members (excludes halogenated alkanes) is 1. The van der Waals surface area contributed by atoms with E-state index in [9.17, 15) is 12.8 Å². The van der Waals surface area contributed by atoms with Crippen LogP contribution in [-0.4, -0.2) is 25.6 Å². The van der Waals surface area contributed by atoms with Crippen molar-refractivity contribution in [2.24, 2.45) is 5.92 Å². The van der Waals surface area contributed by atoms with E-state index in [-0.39, 0.29) is 16.9 Å². The van der Waals surface area contributed by atoms with Gasteiger partial charge >= 0.3 is 0 Å². The first-order chi connectivity index (χ1) is 11.1. The SMILES string of the molecule is Cc1cc(S(=O)(=O)NCCCCC2CC2(F)Br)ccc1OC(C)C. The highest BCUT2D eigenvalue weighted by Gasteiger charge is 2.52. The highest BCUT2D eigenvalue weighted by molar-refractivity contribution is 9.10. The molecule has 1 N–H and O–H groups in total. The van der Waals surface area contributed by atoms with Crippen LogP contribution in [0.5, 0.6) is 5.75 Å². The fourth-order valence-electron chi connectivity index (χ4n) is 2.56. The van der Waals surface area contributed by atoms with Crippen molar-refractivity contribution in [1.29, 1.82) is 0 Å². The van der Waals surface area contributed by atoms with Gasteiger partial charge in [-0.25, -0.2) is 17.5 Å². The standard InChI is InChI=1S/C17H25BrFNO3S/c1-12(2)23-16-8-7-15(10-13(16)3)24(21,22)20-9-5-4-6-14-11-17(14,18)19/h7-8,10,12,14,20H,4-6,9,11H2,1-3H3. The summed E-state index contributed by atoms with van der Waals surface area (Å²) in [4.78, 5) is 0.238. The Bertz CT molecular complexity index is 676. The van der Waals surface area contributed by atoms with Gasteiger partial charge in [0.2, 0.25) is 10.0 Å². The van der Waals surface area contributed by atoms with Crippen molar-refractivity contribution in [3.8, 4) is 5.75 Å². The molecule has 7 heteroatoms. The largest absolute Gasteiger partial charge is 0.491 e. The predicted molar refractivity (Wildman–Crippen MR) is 96.9 cm³/mol. The smallest absolute Gasteiger partial charge is 0.240 e. The van der Waals surface area contributed by atoms with Crippen LogP contribution in [-0.2, 0) is 10.0 Å². The van der Waals surface area contributed by atoms with E-state index >= 15 is 0 Å².